The van der Waals surface area contributed by atoms with Gasteiger partial charge in [-0.2, -0.15) is 0 Å². The third kappa shape index (κ3) is 7.86. The number of alkyl carbamates (subject to hydrolysis) is 1. The normalized spacial score (nSPS) is 14.3. The Bertz CT molecular complexity index is 690. The van der Waals surface area contributed by atoms with Crippen LogP contribution in [-0.2, 0) is 9.53 Å². The lowest BCUT2D eigenvalue weighted by molar-refractivity contribution is -0.122. The fraction of sp³-hybridized carbons (Fsp3) is 0.562. The van der Waals surface area contributed by atoms with E-state index in [0.29, 0.717) is 4.47 Å². The number of ether oxygens (including phenoxy) is 1. The van der Waals surface area contributed by atoms with E-state index in [-0.39, 0.29) is 17.4 Å². The molecule has 0 saturated heterocycles. The van der Waals surface area contributed by atoms with Gasteiger partial charge >= 0.3 is 6.09 Å². The SMILES string of the molecule is CC(Cl)(Cl)C[C@](C)(NC(=O)OC(C)(C)C)C(=O)Nc1ccc(Br)c(Cl)n1. The zero-order valence-corrected chi connectivity index (χ0v) is 18.9. The van der Waals surface area contributed by atoms with Crippen LogP contribution < -0.4 is 10.6 Å². The zero-order chi connectivity index (χ0) is 20.3. The number of anilines is 1. The minimum Gasteiger partial charge on any atom is -0.444 e. The van der Waals surface area contributed by atoms with Crippen LogP contribution in [0.15, 0.2) is 16.6 Å². The van der Waals surface area contributed by atoms with Gasteiger partial charge in [0.05, 0.1) is 4.47 Å². The number of rotatable bonds is 5. The summed E-state index contributed by atoms with van der Waals surface area (Å²) in [5.41, 5.74) is -2.19. The second-order valence-electron chi connectivity index (χ2n) is 7.13. The number of amides is 2. The number of carbonyl (C=O) groups is 2. The molecule has 1 rings (SSSR count). The Morgan fingerprint density at radius 2 is 1.77 bits per heavy atom. The minimum absolute atomic E-state index is 0.0710. The molecule has 0 spiro atoms. The van der Waals surface area contributed by atoms with Crippen molar-refractivity contribution in [2.45, 2.75) is 56.5 Å². The Kier molecular flexibility index (Phi) is 7.61. The summed E-state index contributed by atoms with van der Waals surface area (Å²) in [5.74, 6) is -0.354. The van der Waals surface area contributed by atoms with Gasteiger partial charge in [0.2, 0.25) is 0 Å². The van der Waals surface area contributed by atoms with Crippen molar-refractivity contribution in [3.05, 3.63) is 21.8 Å². The molecule has 0 aliphatic carbocycles. The third-order valence-electron chi connectivity index (χ3n) is 2.99. The molecule has 0 bridgehead atoms. The highest BCUT2D eigenvalue weighted by molar-refractivity contribution is 9.10. The molecule has 1 aromatic heterocycles. The smallest absolute Gasteiger partial charge is 0.408 e. The zero-order valence-electron chi connectivity index (χ0n) is 15.0. The van der Waals surface area contributed by atoms with Crippen molar-refractivity contribution in [1.29, 1.82) is 0 Å². The molecule has 0 aromatic carbocycles. The van der Waals surface area contributed by atoms with Crippen LogP contribution >= 0.6 is 50.7 Å². The van der Waals surface area contributed by atoms with E-state index in [1.54, 1.807) is 32.9 Å². The van der Waals surface area contributed by atoms with Gasteiger partial charge in [-0.25, -0.2) is 9.78 Å². The number of pyridine rings is 1. The lowest BCUT2D eigenvalue weighted by Gasteiger charge is -2.33. The Morgan fingerprint density at radius 1 is 1.19 bits per heavy atom. The average Bonchev–Trinajstić information content (AvgIpc) is 2.38. The van der Waals surface area contributed by atoms with Crippen LogP contribution in [0.4, 0.5) is 10.6 Å². The van der Waals surface area contributed by atoms with E-state index < -0.39 is 27.5 Å². The molecule has 2 amide bonds. The van der Waals surface area contributed by atoms with Crippen LogP contribution in [0.25, 0.3) is 0 Å². The molecule has 0 aliphatic rings. The molecule has 0 unspecified atom stereocenters. The number of halogens is 4. The van der Waals surface area contributed by atoms with Crippen molar-refractivity contribution in [2.75, 3.05) is 5.32 Å². The van der Waals surface area contributed by atoms with E-state index in [1.807, 2.05) is 0 Å². The van der Waals surface area contributed by atoms with Crippen molar-refractivity contribution in [3.63, 3.8) is 0 Å². The number of hydrogen-bond acceptors (Lipinski definition) is 4. The number of nitrogens with zero attached hydrogens (tertiary/aromatic N) is 1. The molecular weight excluding hydrogens is 468 g/mol. The molecule has 0 saturated carbocycles. The van der Waals surface area contributed by atoms with E-state index in [1.165, 1.54) is 13.8 Å². The summed E-state index contributed by atoms with van der Waals surface area (Å²) in [5, 5.41) is 5.32. The molecule has 2 N–H and O–H groups in total. The van der Waals surface area contributed by atoms with Crippen LogP contribution in [0.3, 0.4) is 0 Å². The van der Waals surface area contributed by atoms with Gasteiger partial charge in [-0.15, -0.1) is 23.2 Å². The third-order valence-corrected chi connectivity index (χ3v) is 4.41. The summed E-state index contributed by atoms with van der Waals surface area (Å²) in [4.78, 5) is 29.0. The maximum absolute atomic E-state index is 12.8. The van der Waals surface area contributed by atoms with Gasteiger partial charge < -0.3 is 15.4 Å². The molecule has 0 aliphatic heterocycles. The Morgan fingerprint density at radius 3 is 2.23 bits per heavy atom. The van der Waals surface area contributed by atoms with E-state index in [2.05, 4.69) is 31.5 Å². The molecule has 10 heteroatoms. The number of hydrogen-bond donors (Lipinski definition) is 2. The van der Waals surface area contributed by atoms with Crippen LogP contribution in [-0.4, -0.2) is 32.5 Å². The van der Waals surface area contributed by atoms with Gasteiger partial charge in [0.15, 0.2) is 0 Å². The lowest BCUT2D eigenvalue weighted by atomic mass is 9.94. The van der Waals surface area contributed by atoms with Crippen molar-refractivity contribution >= 4 is 68.6 Å². The van der Waals surface area contributed by atoms with Gasteiger partial charge in [-0.1, -0.05) is 11.6 Å². The van der Waals surface area contributed by atoms with Gasteiger partial charge in [0, 0.05) is 6.42 Å². The van der Waals surface area contributed by atoms with Gasteiger partial charge in [-0.05, 0) is 62.7 Å². The van der Waals surface area contributed by atoms with Crippen molar-refractivity contribution in [1.82, 2.24) is 10.3 Å². The predicted octanol–water partition coefficient (Wildman–Crippen LogP) is 5.30. The van der Waals surface area contributed by atoms with Crippen molar-refractivity contribution in [3.8, 4) is 0 Å². The lowest BCUT2D eigenvalue weighted by Crippen LogP contribution is -2.57. The van der Waals surface area contributed by atoms with Crippen molar-refractivity contribution < 1.29 is 14.3 Å². The van der Waals surface area contributed by atoms with Crippen LogP contribution in [0.2, 0.25) is 5.15 Å². The number of aromatic nitrogens is 1. The maximum atomic E-state index is 12.8. The van der Waals surface area contributed by atoms with Gasteiger partial charge in [0.25, 0.3) is 5.91 Å². The quantitative estimate of drug-likeness (QED) is 0.434. The second kappa shape index (κ2) is 8.50. The Labute approximate surface area is 176 Å². The number of nitrogens with one attached hydrogen (secondary N) is 2. The first-order valence-electron chi connectivity index (χ1n) is 7.64. The second-order valence-corrected chi connectivity index (χ2v) is 10.2. The Hall–Kier alpha value is -0.760. The molecule has 0 radical (unpaired) electrons. The highest BCUT2D eigenvalue weighted by Crippen LogP contribution is 2.32. The van der Waals surface area contributed by atoms with Crippen LogP contribution in [0, 0.1) is 0 Å². The number of carbonyl (C=O) groups excluding carboxylic acids is 2. The molecule has 1 atom stereocenters. The first kappa shape index (κ1) is 23.3. The summed E-state index contributed by atoms with van der Waals surface area (Å²) in [6.45, 7) is 8.16. The fourth-order valence-corrected chi connectivity index (χ4v) is 2.98. The summed E-state index contributed by atoms with van der Waals surface area (Å²) < 4.78 is 4.54. The summed E-state index contributed by atoms with van der Waals surface area (Å²) in [6.07, 6.45) is -0.840. The van der Waals surface area contributed by atoms with E-state index in [0.717, 1.165) is 0 Å². The van der Waals surface area contributed by atoms with Crippen LogP contribution in [0.1, 0.15) is 41.0 Å². The predicted molar refractivity (Wildman–Crippen MR) is 108 cm³/mol. The highest BCUT2D eigenvalue weighted by Gasteiger charge is 2.42. The summed E-state index contributed by atoms with van der Waals surface area (Å²) in [6, 6.07) is 3.19. The molecule has 1 aromatic rings. The first-order chi connectivity index (χ1) is 11.6. The maximum Gasteiger partial charge on any atom is 0.408 e. The molecule has 1 heterocycles. The topological polar surface area (TPSA) is 80.3 Å². The van der Waals surface area contributed by atoms with E-state index >= 15 is 0 Å². The molecule has 6 nitrogen and oxygen atoms in total. The molecule has 26 heavy (non-hydrogen) atoms. The van der Waals surface area contributed by atoms with E-state index in [9.17, 15) is 9.59 Å². The van der Waals surface area contributed by atoms with Crippen LogP contribution in [0.5, 0.6) is 0 Å². The minimum atomic E-state index is -1.46. The van der Waals surface area contributed by atoms with Gasteiger partial charge in [-0.3, -0.25) is 4.79 Å². The Balaban J connectivity index is 3.04. The fourth-order valence-electron chi connectivity index (χ4n) is 2.07. The molecule has 0 fully saturated rings. The summed E-state index contributed by atoms with van der Waals surface area (Å²) in [7, 11) is 0. The molecule has 146 valence electrons. The number of alkyl halides is 2. The summed E-state index contributed by atoms with van der Waals surface area (Å²) >= 11 is 21.3. The monoisotopic (exact) mass is 487 g/mol. The highest BCUT2D eigenvalue weighted by atomic mass is 79.9. The van der Waals surface area contributed by atoms with Gasteiger partial charge in [0.1, 0.15) is 26.4 Å². The van der Waals surface area contributed by atoms with Crippen molar-refractivity contribution in [2.24, 2.45) is 0 Å². The average molecular weight is 490 g/mol. The standard InChI is InChI=1S/C16H21BrCl3N3O3/c1-14(2,3)26-13(25)23-15(4,8-16(5,19)20)12(24)22-10-7-6-9(17)11(18)21-10/h6-7H,8H2,1-5H3,(H,23,25)(H,21,22,24)/t15-/m0/s1. The van der Waals surface area contributed by atoms with E-state index in [4.69, 9.17) is 39.5 Å². The largest absolute Gasteiger partial charge is 0.444 e. The molecular formula is C16H21BrCl3N3O3. The first-order valence-corrected chi connectivity index (χ1v) is 9.56.